The van der Waals surface area contributed by atoms with Gasteiger partial charge in [-0.25, -0.2) is 0 Å². The van der Waals surface area contributed by atoms with Gasteiger partial charge in [0.2, 0.25) is 0 Å². The number of nitrogens with zero attached hydrogens (tertiary/aromatic N) is 3. The van der Waals surface area contributed by atoms with Crippen LogP contribution in [0, 0.1) is 11.3 Å². The Morgan fingerprint density at radius 1 is 1.15 bits per heavy atom. The van der Waals surface area contributed by atoms with Crippen molar-refractivity contribution in [2.24, 2.45) is 0 Å². The standard InChI is InChI=1S/C27H27N5O/c28-17-19-6-7-26-23(16-19)24(18-31-26)20-9-14-32(15-10-20)13-3-11-30-27(33)22-8-12-29-25-5-2-1-4-21(22)25/h1-2,4-8,12,16,18,20,31H,3,9-11,13-15H2,(H,30,33). The van der Waals surface area contributed by atoms with Crippen LogP contribution >= 0.6 is 0 Å². The van der Waals surface area contributed by atoms with Crippen molar-refractivity contribution in [2.75, 3.05) is 26.2 Å². The van der Waals surface area contributed by atoms with Crippen molar-refractivity contribution in [1.29, 1.82) is 5.26 Å². The number of fused-ring (bicyclic) bond motifs is 2. The number of piperidine rings is 1. The largest absolute Gasteiger partial charge is 0.361 e. The van der Waals surface area contributed by atoms with Crippen LogP contribution in [-0.2, 0) is 0 Å². The first kappa shape index (κ1) is 21.2. The summed E-state index contributed by atoms with van der Waals surface area (Å²) in [6.07, 6.45) is 6.96. The monoisotopic (exact) mass is 437 g/mol. The molecule has 3 heterocycles. The number of rotatable bonds is 6. The number of para-hydroxylation sites is 1. The predicted molar refractivity (Wildman–Crippen MR) is 130 cm³/mol. The number of amides is 1. The van der Waals surface area contributed by atoms with Gasteiger partial charge in [-0.2, -0.15) is 5.26 Å². The Hall–Kier alpha value is -3.69. The molecule has 0 atom stereocenters. The molecule has 1 saturated heterocycles. The zero-order valence-corrected chi connectivity index (χ0v) is 18.6. The highest BCUT2D eigenvalue weighted by Gasteiger charge is 2.22. The number of carbonyl (C=O) groups is 1. The maximum Gasteiger partial charge on any atom is 0.252 e. The Kier molecular flexibility index (Phi) is 6.05. The summed E-state index contributed by atoms with van der Waals surface area (Å²) in [5, 5.41) is 14.4. The minimum absolute atomic E-state index is 0.0385. The number of aromatic amines is 1. The Balaban J connectivity index is 1.11. The molecule has 166 valence electrons. The van der Waals surface area contributed by atoms with E-state index in [2.05, 4.69) is 32.5 Å². The number of nitrogens with one attached hydrogen (secondary N) is 2. The summed E-state index contributed by atoms with van der Waals surface area (Å²) in [5.74, 6) is 0.479. The van der Waals surface area contributed by atoms with Crippen molar-refractivity contribution in [3.8, 4) is 6.07 Å². The second-order valence-corrected chi connectivity index (χ2v) is 8.72. The summed E-state index contributed by atoms with van der Waals surface area (Å²) in [6, 6.07) is 17.6. The minimum atomic E-state index is -0.0385. The van der Waals surface area contributed by atoms with Crippen LogP contribution in [0.4, 0.5) is 0 Å². The van der Waals surface area contributed by atoms with Gasteiger partial charge in [0.1, 0.15) is 0 Å². The van der Waals surface area contributed by atoms with E-state index in [-0.39, 0.29) is 5.91 Å². The van der Waals surface area contributed by atoms with E-state index in [1.165, 1.54) is 10.9 Å². The summed E-state index contributed by atoms with van der Waals surface area (Å²) in [5.41, 5.74) is 4.66. The molecule has 0 spiro atoms. The number of nitriles is 1. The van der Waals surface area contributed by atoms with Crippen LogP contribution in [0.25, 0.3) is 21.8 Å². The molecule has 1 aliphatic rings. The van der Waals surface area contributed by atoms with E-state index in [0.29, 0.717) is 23.6 Å². The molecule has 5 rings (SSSR count). The molecule has 1 fully saturated rings. The molecule has 2 aromatic carbocycles. The van der Waals surface area contributed by atoms with Crippen LogP contribution in [0.2, 0.25) is 0 Å². The molecule has 6 heteroatoms. The Morgan fingerprint density at radius 3 is 2.85 bits per heavy atom. The lowest BCUT2D eigenvalue weighted by atomic mass is 9.89. The molecule has 33 heavy (non-hydrogen) atoms. The number of hydrogen-bond acceptors (Lipinski definition) is 4. The first-order chi connectivity index (χ1) is 16.2. The molecule has 0 bridgehead atoms. The van der Waals surface area contributed by atoms with Gasteiger partial charge in [0.15, 0.2) is 0 Å². The first-order valence-electron chi connectivity index (χ1n) is 11.6. The summed E-state index contributed by atoms with van der Waals surface area (Å²) < 4.78 is 0. The number of benzene rings is 2. The van der Waals surface area contributed by atoms with Crippen molar-refractivity contribution in [3.05, 3.63) is 77.6 Å². The molecule has 0 saturated carbocycles. The van der Waals surface area contributed by atoms with Gasteiger partial charge in [-0.05, 0) is 80.7 Å². The fraction of sp³-hybridized carbons (Fsp3) is 0.296. The summed E-state index contributed by atoms with van der Waals surface area (Å²) in [6.45, 7) is 3.75. The van der Waals surface area contributed by atoms with Crippen molar-refractivity contribution in [1.82, 2.24) is 20.2 Å². The fourth-order valence-electron chi connectivity index (χ4n) is 4.91. The van der Waals surface area contributed by atoms with Gasteiger partial charge in [-0.1, -0.05) is 18.2 Å². The first-order valence-corrected chi connectivity index (χ1v) is 11.6. The van der Waals surface area contributed by atoms with Gasteiger partial charge < -0.3 is 15.2 Å². The quantitative estimate of drug-likeness (QED) is 0.432. The molecule has 0 aliphatic carbocycles. The normalized spacial score (nSPS) is 15.0. The number of hydrogen-bond donors (Lipinski definition) is 2. The third kappa shape index (κ3) is 4.46. The highest BCUT2D eigenvalue weighted by atomic mass is 16.1. The smallest absolute Gasteiger partial charge is 0.252 e. The van der Waals surface area contributed by atoms with Crippen molar-refractivity contribution in [3.63, 3.8) is 0 Å². The van der Waals surface area contributed by atoms with E-state index in [9.17, 15) is 10.1 Å². The third-order valence-electron chi connectivity index (χ3n) is 6.70. The molecule has 1 aliphatic heterocycles. The lowest BCUT2D eigenvalue weighted by Crippen LogP contribution is -2.35. The van der Waals surface area contributed by atoms with Crippen LogP contribution in [0.3, 0.4) is 0 Å². The molecule has 2 aromatic heterocycles. The van der Waals surface area contributed by atoms with Crippen molar-refractivity contribution in [2.45, 2.75) is 25.2 Å². The van der Waals surface area contributed by atoms with Crippen LogP contribution < -0.4 is 5.32 Å². The van der Waals surface area contributed by atoms with Crippen LogP contribution in [0.5, 0.6) is 0 Å². The lowest BCUT2D eigenvalue weighted by molar-refractivity contribution is 0.0952. The fourth-order valence-corrected chi connectivity index (χ4v) is 4.91. The minimum Gasteiger partial charge on any atom is -0.361 e. The Labute approximate surface area is 193 Å². The zero-order valence-electron chi connectivity index (χ0n) is 18.6. The maximum atomic E-state index is 12.7. The van der Waals surface area contributed by atoms with Crippen LogP contribution in [0.1, 0.15) is 46.7 Å². The van der Waals surface area contributed by atoms with Gasteiger partial charge in [0, 0.05) is 35.2 Å². The molecule has 0 radical (unpaired) electrons. The second-order valence-electron chi connectivity index (χ2n) is 8.72. The van der Waals surface area contributed by atoms with Crippen LogP contribution in [0.15, 0.2) is 60.9 Å². The number of likely N-dealkylation sites (tertiary alicyclic amines) is 1. The Morgan fingerprint density at radius 2 is 2.00 bits per heavy atom. The average molecular weight is 438 g/mol. The molecule has 0 unspecified atom stereocenters. The third-order valence-corrected chi connectivity index (χ3v) is 6.70. The highest BCUT2D eigenvalue weighted by molar-refractivity contribution is 6.05. The van der Waals surface area contributed by atoms with E-state index >= 15 is 0 Å². The molecular weight excluding hydrogens is 410 g/mol. The van der Waals surface area contributed by atoms with E-state index in [1.54, 1.807) is 12.3 Å². The number of pyridine rings is 1. The Bertz CT molecular complexity index is 1320. The summed E-state index contributed by atoms with van der Waals surface area (Å²) in [7, 11) is 0. The molecule has 2 N–H and O–H groups in total. The number of aromatic nitrogens is 2. The van der Waals surface area contributed by atoms with Gasteiger partial charge in [0.05, 0.1) is 22.7 Å². The number of carbonyl (C=O) groups excluding carboxylic acids is 1. The number of H-pyrrole nitrogens is 1. The van der Waals surface area contributed by atoms with Gasteiger partial charge in [-0.15, -0.1) is 0 Å². The van der Waals surface area contributed by atoms with E-state index in [4.69, 9.17) is 0 Å². The maximum absolute atomic E-state index is 12.7. The predicted octanol–water partition coefficient (Wildman–Crippen LogP) is 4.59. The van der Waals surface area contributed by atoms with E-state index in [0.717, 1.165) is 55.3 Å². The van der Waals surface area contributed by atoms with Gasteiger partial charge >= 0.3 is 0 Å². The average Bonchev–Trinajstić information content (AvgIpc) is 3.29. The second kappa shape index (κ2) is 9.43. The van der Waals surface area contributed by atoms with Gasteiger partial charge in [0.25, 0.3) is 5.91 Å². The zero-order chi connectivity index (χ0) is 22.6. The van der Waals surface area contributed by atoms with Crippen molar-refractivity contribution >= 4 is 27.7 Å². The van der Waals surface area contributed by atoms with E-state index in [1.807, 2.05) is 42.5 Å². The molecular formula is C27H27N5O. The van der Waals surface area contributed by atoms with Crippen LogP contribution in [-0.4, -0.2) is 47.0 Å². The van der Waals surface area contributed by atoms with Crippen molar-refractivity contribution < 1.29 is 4.79 Å². The lowest BCUT2D eigenvalue weighted by Gasteiger charge is -2.32. The SMILES string of the molecule is N#Cc1ccc2[nH]cc(C3CCN(CCCNC(=O)c4ccnc5ccccc45)CC3)c2c1. The van der Waals surface area contributed by atoms with E-state index < -0.39 is 0 Å². The summed E-state index contributed by atoms with van der Waals surface area (Å²) >= 11 is 0. The molecule has 1 amide bonds. The summed E-state index contributed by atoms with van der Waals surface area (Å²) in [4.78, 5) is 22.8. The topological polar surface area (TPSA) is 84.8 Å². The molecule has 6 nitrogen and oxygen atoms in total. The van der Waals surface area contributed by atoms with Gasteiger partial charge in [-0.3, -0.25) is 9.78 Å². The highest BCUT2D eigenvalue weighted by Crippen LogP contribution is 2.33. The molecule has 4 aromatic rings.